The molecule has 0 fully saturated rings. The van der Waals surface area contributed by atoms with Crippen LogP contribution in [0.2, 0.25) is 5.02 Å². The summed E-state index contributed by atoms with van der Waals surface area (Å²) in [6.07, 6.45) is 1.64. The fourth-order valence-electron chi connectivity index (χ4n) is 2.89. The Morgan fingerprint density at radius 3 is 3.00 bits per heavy atom. The van der Waals surface area contributed by atoms with Gasteiger partial charge >= 0.3 is 0 Å². The molecule has 132 valence electrons. The van der Waals surface area contributed by atoms with Gasteiger partial charge in [-0.3, -0.25) is 10.1 Å². The molecule has 0 radical (unpaired) electrons. The van der Waals surface area contributed by atoms with E-state index in [1.54, 1.807) is 28.9 Å². The van der Waals surface area contributed by atoms with E-state index in [0.29, 0.717) is 22.3 Å². The van der Waals surface area contributed by atoms with Crippen LogP contribution in [0, 0.1) is 5.82 Å². The van der Waals surface area contributed by atoms with Gasteiger partial charge in [0.15, 0.2) is 0 Å². The average Bonchev–Trinajstić information content (AvgIpc) is 3.08. The molecule has 8 heteroatoms. The molecule has 0 bridgehead atoms. The van der Waals surface area contributed by atoms with Crippen LogP contribution in [0.15, 0.2) is 48.8 Å². The molecule has 2 aromatic carbocycles. The molecule has 0 aliphatic carbocycles. The number of rotatable bonds is 4. The van der Waals surface area contributed by atoms with Crippen molar-refractivity contribution in [1.82, 2.24) is 14.8 Å². The van der Waals surface area contributed by atoms with E-state index < -0.39 is 0 Å². The minimum Gasteiger partial charge on any atom is -0.487 e. The van der Waals surface area contributed by atoms with Gasteiger partial charge in [0.2, 0.25) is 11.9 Å². The Labute approximate surface area is 153 Å². The minimum absolute atomic E-state index is 0.127. The van der Waals surface area contributed by atoms with Crippen LogP contribution in [0.4, 0.5) is 10.3 Å². The third kappa shape index (κ3) is 3.25. The van der Waals surface area contributed by atoms with E-state index in [0.717, 1.165) is 5.56 Å². The van der Waals surface area contributed by atoms with E-state index in [2.05, 4.69) is 15.4 Å². The summed E-state index contributed by atoms with van der Waals surface area (Å²) in [5, 5.41) is 7.25. The Balaban J connectivity index is 1.54. The fourth-order valence-corrected chi connectivity index (χ4v) is 3.14. The number of benzene rings is 2. The molecule has 6 nitrogen and oxygen atoms in total. The van der Waals surface area contributed by atoms with Gasteiger partial charge in [0.05, 0.1) is 17.5 Å². The summed E-state index contributed by atoms with van der Waals surface area (Å²) in [7, 11) is 0. The van der Waals surface area contributed by atoms with E-state index in [9.17, 15) is 9.18 Å². The molecule has 0 unspecified atom stereocenters. The zero-order chi connectivity index (χ0) is 18.1. The number of nitrogens with one attached hydrogen (secondary N) is 1. The molecule has 1 aliphatic rings. The standard InChI is InChI=1S/C18H14ClFN4O2/c19-14-7-12(15-8-17(25)23-18-21-10-22-24(15)18)4-5-16(14)26-9-11-2-1-3-13(20)6-11/h1-7,10,15H,8-9H2,(H,21,22,23,25)/t15-/m0/s1. The predicted molar refractivity (Wildman–Crippen MR) is 93.6 cm³/mol. The van der Waals surface area contributed by atoms with E-state index in [1.165, 1.54) is 18.5 Å². The second-order valence-electron chi connectivity index (χ2n) is 5.90. The highest BCUT2D eigenvalue weighted by Crippen LogP contribution is 2.33. The van der Waals surface area contributed by atoms with Crippen molar-refractivity contribution in [1.29, 1.82) is 0 Å². The lowest BCUT2D eigenvalue weighted by atomic mass is 10.0. The molecular weight excluding hydrogens is 359 g/mol. The summed E-state index contributed by atoms with van der Waals surface area (Å²) >= 11 is 6.34. The van der Waals surface area contributed by atoms with Crippen molar-refractivity contribution < 1.29 is 13.9 Å². The number of anilines is 1. The number of hydrogen-bond donors (Lipinski definition) is 1. The Morgan fingerprint density at radius 1 is 1.31 bits per heavy atom. The van der Waals surface area contributed by atoms with Crippen LogP contribution in [0.5, 0.6) is 5.75 Å². The Kier molecular flexibility index (Phi) is 4.30. The molecular formula is C18H14ClFN4O2. The van der Waals surface area contributed by atoms with Gasteiger partial charge in [0.25, 0.3) is 0 Å². The highest BCUT2D eigenvalue weighted by molar-refractivity contribution is 6.32. The minimum atomic E-state index is -0.313. The largest absolute Gasteiger partial charge is 0.487 e. The van der Waals surface area contributed by atoms with E-state index in [-0.39, 0.29) is 30.8 Å². The lowest BCUT2D eigenvalue weighted by Gasteiger charge is -2.24. The van der Waals surface area contributed by atoms with Crippen LogP contribution in [-0.4, -0.2) is 20.7 Å². The lowest BCUT2D eigenvalue weighted by molar-refractivity contribution is -0.117. The normalized spacial score (nSPS) is 16.1. The number of nitrogens with zero attached hydrogens (tertiary/aromatic N) is 3. The van der Waals surface area contributed by atoms with E-state index >= 15 is 0 Å². The number of hydrogen-bond acceptors (Lipinski definition) is 4. The van der Waals surface area contributed by atoms with Crippen molar-refractivity contribution in [3.05, 3.63) is 70.8 Å². The zero-order valence-corrected chi connectivity index (χ0v) is 14.3. The maximum atomic E-state index is 13.2. The van der Waals surface area contributed by atoms with Crippen molar-refractivity contribution >= 4 is 23.5 Å². The van der Waals surface area contributed by atoms with Crippen LogP contribution in [0.3, 0.4) is 0 Å². The van der Waals surface area contributed by atoms with Crippen molar-refractivity contribution in [3.8, 4) is 5.75 Å². The molecule has 3 aromatic rings. The highest BCUT2D eigenvalue weighted by Gasteiger charge is 2.28. The number of fused-ring (bicyclic) bond motifs is 1. The summed E-state index contributed by atoms with van der Waals surface area (Å²) in [4.78, 5) is 15.9. The maximum Gasteiger partial charge on any atom is 0.229 e. The number of amides is 1. The van der Waals surface area contributed by atoms with Crippen LogP contribution >= 0.6 is 11.6 Å². The second kappa shape index (κ2) is 6.76. The Bertz CT molecular complexity index is 975. The van der Waals surface area contributed by atoms with E-state index in [4.69, 9.17) is 16.3 Å². The number of carbonyl (C=O) groups is 1. The van der Waals surface area contributed by atoms with Crippen LogP contribution in [0.25, 0.3) is 0 Å². The number of aromatic nitrogens is 3. The van der Waals surface area contributed by atoms with Gasteiger partial charge in [-0.2, -0.15) is 10.1 Å². The number of halogens is 2. The summed E-state index contributed by atoms with van der Waals surface area (Å²) < 4.78 is 20.6. The van der Waals surface area contributed by atoms with Crippen molar-refractivity contribution in [2.75, 3.05) is 5.32 Å². The Morgan fingerprint density at radius 2 is 2.19 bits per heavy atom. The highest BCUT2D eigenvalue weighted by atomic mass is 35.5. The lowest BCUT2D eigenvalue weighted by Crippen LogP contribution is -2.29. The first kappa shape index (κ1) is 16.5. The summed E-state index contributed by atoms with van der Waals surface area (Å²) in [5.41, 5.74) is 1.54. The first-order valence-electron chi connectivity index (χ1n) is 7.96. The molecule has 2 heterocycles. The van der Waals surface area contributed by atoms with Crippen molar-refractivity contribution in [2.24, 2.45) is 0 Å². The molecule has 1 atom stereocenters. The SMILES string of the molecule is O=C1C[C@@H](c2ccc(OCc3cccc(F)c3)c(Cl)c2)n2ncnc2N1. The van der Waals surface area contributed by atoms with Crippen molar-refractivity contribution in [2.45, 2.75) is 19.1 Å². The van der Waals surface area contributed by atoms with E-state index in [1.807, 2.05) is 6.07 Å². The Hall–Kier alpha value is -2.93. The van der Waals surface area contributed by atoms with Gasteiger partial charge < -0.3 is 4.74 Å². The average molecular weight is 373 g/mol. The summed E-state index contributed by atoms with van der Waals surface area (Å²) in [6.45, 7) is 0.204. The van der Waals surface area contributed by atoms with Gasteiger partial charge in [-0.1, -0.05) is 29.8 Å². The summed E-state index contributed by atoms with van der Waals surface area (Å²) in [5.74, 6) is 0.456. The molecule has 1 amide bonds. The van der Waals surface area contributed by atoms with Crippen LogP contribution < -0.4 is 10.1 Å². The molecule has 1 aliphatic heterocycles. The first-order valence-corrected chi connectivity index (χ1v) is 8.34. The second-order valence-corrected chi connectivity index (χ2v) is 6.31. The van der Waals surface area contributed by atoms with Crippen LogP contribution in [-0.2, 0) is 11.4 Å². The smallest absolute Gasteiger partial charge is 0.229 e. The number of ether oxygens (including phenoxy) is 1. The molecule has 0 spiro atoms. The first-order chi connectivity index (χ1) is 12.6. The fraction of sp³-hybridized carbons (Fsp3) is 0.167. The van der Waals surface area contributed by atoms with Gasteiger partial charge in [-0.25, -0.2) is 9.07 Å². The van der Waals surface area contributed by atoms with Gasteiger partial charge in [-0.15, -0.1) is 0 Å². The van der Waals surface area contributed by atoms with Gasteiger partial charge in [0.1, 0.15) is 24.5 Å². The molecule has 4 rings (SSSR count). The monoisotopic (exact) mass is 372 g/mol. The zero-order valence-electron chi connectivity index (χ0n) is 13.5. The van der Waals surface area contributed by atoms with Crippen LogP contribution in [0.1, 0.15) is 23.6 Å². The quantitative estimate of drug-likeness (QED) is 0.760. The topological polar surface area (TPSA) is 69.0 Å². The molecule has 1 N–H and O–H groups in total. The molecule has 0 saturated carbocycles. The number of carbonyl (C=O) groups excluding carboxylic acids is 1. The third-order valence-corrected chi connectivity index (χ3v) is 4.42. The van der Waals surface area contributed by atoms with Crippen molar-refractivity contribution in [3.63, 3.8) is 0 Å². The third-order valence-electron chi connectivity index (χ3n) is 4.12. The maximum absolute atomic E-state index is 13.2. The molecule has 1 aromatic heterocycles. The van der Waals surface area contributed by atoms with Gasteiger partial charge in [0, 0.05) is 0 Å². The summed E-state index contributed by atoms with van der Waals surface area (Å²) in [6, 6.07) is 11.2. The molecule has 0 saturated heterocycles. The predicted octanol–water partition coefficient (Wildman–Crippen LogP) is 3.58. The van der Waals surface area contributed by atoms with Gasteiger partial charge in [-0.05, 0) is 35.4 Å². The molecule has 26 heavy (non-hydrogen) atoms.